The fourth-order valence-corrected chi connectivity index (χ4v) is 6.45. The Morgan fingerprint density at radius 1 is 1.26 bits per heavy atom. The molecule has 0 bridgehead atoms. The van der Waals surface area contributed by atoms with E-state index >= 15 is 0 Å². The first kappa shape index (κ1) is 31.3. The van der Waals surface area contributed by atoms with Crippen LogP contribution >= 0.6 is 7.75 Å². The minimum atomic E-state index is -4.23. The number of hydrogen-bond donors (Lipinski definition) is 3. The lowest BCUT2D eigenvalue weighted by molar-refractivity contribution is -0.149. The van der Waals surface area contributed by atoms with Gasteiger partial charge in [-0.2, -0.15) is 5.09 Å². The van der Waals surface area contributed by atoms with Gasteiger partial charge in [0.2, 0.25) is 0 Å². The molecule has 1 aromatic carbocycles. The average Bonchev–Trinajstić information content (AvgIpc) is 3.67. The summed E-state index contributed by atoms with van der Waals surface area (Å²) in [5.74, 6) is 0.779. The fraction of sp³-hybridized carbons (Fsp3) is 0.571. The number of nitrogens with one attached hydrogen (secondary N) is 1. The summed E-state index contributed by atoms with van der Waals surface area (Å²) in [5, 5.41) is 25.2. The number of rotatable bonds is 12. The van der Waals surface area contributed by atoms with E-state index in [1.807, 2.05) is 7.05 Å². The Morgan fingerprint density at radius 2 is 1.95 bits per heavy atom. The minimum Gasteiger partial charge on any atom is -0.462 e. The van der Waals surface area contributed by atoms with Gasteiger partial charge in [-0.1, -0.05) is 18.2 Å². The van der Waals surface area contributed by atoms with Crippen molar-refractivity contribution in [2.24, 2.45) is 0 Å². The molecule has 14 nitrogen and oxygen atoms in total. The molecule has 1 saturated carbocycles. The molecule has 6 atom stereocenters. The van der Waals surface area contributed by atoms with Crippen LogP contribution in [0.1, 0.15) is 52.6 Å². The van der Waals surface area contributed by atoms with E-state index in [0.717, 1.165) is 12.8 Å². The Balaban J connectivity index is 1.37. The van der Waals surface area contributed by atoms with Crippen LogP contribution in [0, 0.1) is 6.92 Å². The Kier molecular flexibility index (Phi) is 8.81. The Hall–Kier alpha value is -3.13. The lowest BCUT2D eigenvalue weighted by Gasteiger charge is -2.27. The lowest BCUT2D eigenvalue weighted by Crippen LogP contribution is -2.44. The van der Waals surface area contributed by atoms with Gasteiger partial charge in [-0.15, -0.1) is 0 Å². The van der Waals surface area contributed by atoms with Crippen molar-refractivity contribution in [2.75, 3.05) is 18.6 Å². The fourth-order valence-electron chi connectivity index (χ4n) is 4.94. The molecular formula is C28H39N6O8P. The van der Waals surface area contributed by atoms with E-state index in [1.165, 1.54) is 20.2 Å². The molecule has 2 aliphatic rings. The van der Waals surface area contributed by atoms with Gasteiger partial charge in [0.1, 0.15) is 35.4 Å². The van der Waals surface area contributed by atoms with E-state index in [9.17, 15) is 19.6 Å². The third kappa shape index (κ3) is 6.69. The number of anilines is 1. The van der Waals surface area contributed by atoms with Gasteiger partial charge in [0.05, 0.1) is 19.0 Å². The van der Waals surface area contributed by atoms with Gasteiger partial charge >= 0.3 is 13.7 Å². The molecule has 1 aliphatic carbocycles. The van der Waals surface area contributed by atoms with Crippen molar-refractivity contribution in [3.63, 3.8) is 0 Å². The quantitative estimate of drug-likeness (QED) is 0.200. The molecule has 1 saturated heterocycles. The van der Waals surface area contributed by atoms with Crippen molar-refractivity contribution < 1.29 is 38.1 Å². The maximum Gasteiger partial charge on any atom is 0.459 e. The number of fused-ring (bicyclic) bond motifs is 1. The molecule has 0 radical (unpaired) electrons. The van der Waals surface area contributed by atoms with Crippen molar-refractivity contribution in [2.45, 2.75) is 89.7 Å². The van der Waals surface area contributed by atoms with Gasteiger partial charge in [0.25, 0.3) is 0 Å². The molecule has 1 aliphatic heterocycles. The molecule has 3 aromatic rings. The number of aliphatic hydroxyl groups excluding tert-OH is 1. The largest absolute Gasteiger partial charge is 0.462 e. The number of aryl methyl sites for hydroxylation is 1. The summed E-state index contributed by atoms with van der Waals surface area (Å²) in [6.07, 6.45) is -0.462. The van der Waals surface area contributed by atoms with Crippen LogP contribution in [0.15, 0.2) is 36.7 Å². The molecular weight excluding hydrogens is 579 g/mol. The maximum atomic E-state index is 13.9. The highest BCUT2D eigenvalue weighted by Crippen LogP contribution is 2.47. The second kappa shape index (κ2) is 12.1. The predicted molar refractivity (Wildman–Crippen MR) is 156 cm³/mol. The number of carbonyl (C=O) groups excluding carboxylic acids is 1. The third-order valence-electron chi connectivity index (χ3n) is 7.39. The van der Waals surface area contributed by atoms with Gasteiger partial charge in [0, 0.05) is 13.1 Å². The van der Waals surface area contributed by atoms with Crippen LogP contribution in [0.2, 0.25) is 0 Å². The standard InChI is InChI=1S/C28H39N6O8P/c1-16(2)40-26(36)17(3)32-43(38,42-20-10-8-7-9-11-20)39-14-21-23(35)28(5,37)27(41-21)34-15-29-22-24(33(6)19-12-13-19)30-18(4)31-25(22)34/h7-11,15-17,19,21,23,27,35,37H,12-14H2,1-6H3,(H,32,38)/t17-,21-,23-,27-,28-,43+/m1/s1. The number of hydrogen-bond acceptors (Lipinski definition) is 12. The Labute approximate surface area is 249 Å². The lowest BCUT2D eigenvalue weighted by atomic mass is 9.96. The van der Waals surface area contributed by atoms with E-state index in [0.29, 0.717) is 28.8 Å². The van der Waals surface area contributed by atoms with Crippen LogP contribution < -0.4 is 14.5 Å². The highest BCUT2D eigenvalue weighted by atomic mass is 31.2. The summed E-state index contributed by atoms with van der Waals surface area (Å²) in [6.45, 7) is 7.63. The Morgan fingerprint density at radius 3 is 2.60 bits per heavy atom. The van der Waals surface area contributed by atoms with Gasteiger partial charge in [0.15, 0.2) is 23.2 Å². The van der Waals surface area contributed by atoms with E-state index in [4.69, 9.17) is 18.5 Å². The second-order valence-electron chi connectivity index (χ2n) is 11.5. The first-order chi connectivity index (χ1) is 20.3. The third-order valence-corrected chi connectivity index (χ3v) is 9.03. The van der Waals surface area contributed by atoms with E-state index in [-0.39, 0.29) is 11.9 Å². The maximum absolute atomic E-state index is 13.9. The number of nitrogens with zero attached hydrogens (tertiary/aromatic N) is 5. The van der Waals surface area contributed by atoms with E-state index < -0.39 is 50.4 Å². The van der Waals surface area contributed by atoms with Gasteiger partial charge in [-0.25, -0.2) is 19.5 Å². The van der Waals surface area contributed by atoms with Gasteiger partial charge < -0.3 is 29.1 Å². The first-order valence-electron chi connectivity index (χ1n) is 14.3. The number of benzene rings is 1. The van der Waals surface area contributed by atoms with Gasteiger partial charge in [-0.05, 0) is 59.6 Å². The number of esters is 1. The summed E-state index contributed by atoms with van der Waals surface area (Å²) >= 11 is 0. The second-order valence-corrected chi connectivity index (χ2v) is 13.2. The molecule has 234 valence electrons. The summed E-state index contributed by atoms with van der Waals surface area (Å²) in [7, 11) is -2.27. The normalized spacial score (nSPS) is 25.9. The molecule has 0 unspecified atom stereocenters. The minimum absolute atomic E-state index is 0.229. The SMILES string of the molecule is Cc1nc(N(C)C2CC2)c2ncn([C@@H]3O[C@H](CO[P@@](=O)(N[C@H](C)C(=O)OC(C)C)Oc4ccccc4)[C@@H](O)[C@@]3(C)O)c2n1. The number of imidazole rings is 1. The highest BCUT2D eigenvalue weighted by Gasteiger charge is 2.54. The molecule has 43 heavy (non-hydrogen) atoms. The van der Waals surface area contributed by atoms with Crippen molar-refractivity contribution >= 4 is 30.7 Å². The van der Waals surface area contributed by atoms with Crippen LogP contribution in [0.4, 0.5) is 5.82 Å². The van der Waals surface area contributed by atoms with E-state index in [2.05, 4.69) is 24.9 Å². The topological polar surface area (TPSA) is 170 Å². The molecule has 0 amide bonds. The van der Waals surface area contributed by atoms with Crippen molar-refractivity contribution in [1.29, 1.82) is 0 Å². The zero-order valence-corrected chi connectivity index (χ0v) is 26.0. The van der Waals surface area contributed by atoms with Gasteiger partial charge in [-0.3, -0.25) is 13.9 Å². The summed E-state index contributed by atoms with van der Waals surface area (Å²) in [5.41, 5.74) is -0.832. The van der Waals surface area contributed by atoms with Crippen molar-refractivity contribution in [3.05, 3.63) is 42.5 Å². The zero-order valence-electron chi connectivity index (χ0n) is 25.1. The summed E-state index contributed by atoms with van der Waals surface area (Å²) in [4.78, 5) is 28.2. The molecule has 2 aromatic heterocycles. The average molecular weight is 619 g/mol. The van der Waals surface area contributed by atoms with Crippen LogP contribution in [0.3, 0.4) is 0 Å². The molecule has 15 heteroatoms. The monoisotopic (exact) mass is 618 g/mol. The highest BCUT2D eigenvalue weighted by molar-refractivity contribution is 7.52. The molecule has 2 fully saturated rings. The molecule has 3 heterocycles. The van der Waals surface area contributed by atoms with Crippen LogP contribution in [0.25, 0.3) is 11.2 Å². The predicted octanol–water partition coefficient (Wildman–Crippen LogP) is 2.88. The zero-order chi connectivity index (χ0) is 31.1. The Bertz CT molecular complexity index is 1500. The first-order valence-corrected chi connectivity index (χ1v) is 15.8. The number of aromatic nitrogens is 4. The molecule has 0 spiro atoms. The molecule has 3 N–H and O–H groups in total. The van der Waals surface area contributed by atoms with Crippen LogP contribution in [-0.2, 0) is 23.4 Å². The number of aliphatic hydroxyl groups is 2. The summed E-state index contributed by atoms with van der Waals surface area (Å²) in [6, 6.07) is 7.64. The molecule has 5 rings (SSSR count). The van der Waals surface area contributed by atoms with Crippen LogP contribution in [-0.4, -0.2) is 85.4 Å². The van der Waals surface area contributed by atoms with Crippen molar-refractivity contribution in [1.82, 2.24) is 24.6 Å². The van der Waals surface area contributed by atoms with Crippen molar-refractivity contribution in [3.8, 4) is 5.75 Å². The number of ether oxygens (including phenoxy) is 2. The number of carbonyl (C=O) groups is 1. The van der Waals surface area contributed by atoms with Crippen LogP contribution in [0.5, 0.6) is 5.75 Å². The van der Waals surface area contributed by atoms with E-state index in [1.54, 1.807) is 55.7 Å². The summed E-state index contributed by atoms with van der Waals surface area (Å²) < 4.78 is 38.2. The number of para-hydroxylation sites is 1. The smallest absolute Gasteiger partial charge is 0.459 e.